The third-order valence-corrected chi connectivity index (χ3v) is 6.87. The van der Waals surface area contributed by atoms with E-state index in [1.807, 2.05) is 24.3 Å². The van der Waals surface area contributed by atoms with Crippen molar-refractivity contribution in [2.45, 2.75) is 17.4 Å². The summed E-state index contributed by atoms with van der Waals surface area (Å²) < 4.78 is 46.7. The van der Waals surface area contributed by atoms with Crippen LogP contribution in [-0.2, 0) is 10.0 Å². The van der Waals surface area contributed by atoms with Crippen LogP contribution >= 0.6 is 11.6 Å². The van der Waals surface area contributed by atoms with Crippen molar-refractivity contribution in [3.63, 3.8) is 0 Å². The van der Waals surface area contributed by atoms with Crippen LogP contribution < -0.4 is 14.2 Å². The van der Waals surface area contributed by atoms with Crippen LogP contribution in [0.1, 0.15) is 23.8 Å². The number of ether oxygens (including phenoxy) is 2. The van der Waals surface area contributed by atoms with E-state index in [2.05, 4.69) is 9.71 Å². The standard InChI is InChI=1S/C23H19ClN2O5S/c24-23-17(6-3-10-25-23)22(21-13-15-5-1-2-7-18(15)31-21)26-32(27,28)16-8-9-19-20(14-16)30-12-4-11-29-19/h1-3,5-10,13-14,22,26H,4,11-12H2/t22-/m0/s1. The van der Waals surface area contributed by atoms with Crippen molar-refractivity contribution in [2.75, 3.05) is 13.2 Å². The van der Waals surface area contributed by atoms with Gasteiger partial charge in [0.2, 0.25) is 10.0 Å². The Labute approximate surface area is 190 Å². The number of nitrogens with zero attached hydrogens (tertiary/aromatic N) is 1. The first-order valence-corrected chi connectivity index (χ1v) is 11.9. The first kappa shape index (κ1) is 20.8. The van der Waals surface area contributed by atoms with Gasteiger partial charge in [-0.2, -0.15) is 4.72 Å². The number of nitrogens with one attached hydrogen (secondary N) is 1. The fraction of sp³-hybridized carbons (Fsp3) is 0.174. The Kier molecular flexibility index (Phi) is 5.50. The molecular formula is C23H19ClN2O5S. The molecule has 1 aliphatic rings. The first-order valence-electron chi connectivity index (χ1n) is 10.0. The summed E-state index contributed by atoms with van der Waals surface area (Å²) in [6.45, 7) is 0.974. The van der Waals surface area contributed by atoms with Gasteiger partial charge in [0.1, 0.15) is 22.5 Å². The number of fused-ring (bicyclic) bond motifs is 2. The topological polar surface area (TPSA) is 90.7 Å². The van der Waals surface area contributed by atoms with E-state index in [1.54, 1.807) is 30.5 Å². The van der Waals surface area contributed by atoms with E-state index in [-0.39, 0.29) is 10.0 Å². The second kappa shape index (κ2) is 8.46. The lowest BCUT2D eigenvalue weighted by Gasteiger charge is -2.18. The van der Waals surface area contributed by atoms with Crippen LogP contribution in [0, 0.1) is 0 Å². The number of para-hydroxylation sites is 1. The van der Waals surface area contributed by atoms with E-state index in [9.17, 15) is 8.42 Å². The third-order valence-electron chi connectivity index (χ3n) is 5.13. The largest absolute Gasteiger partial charge is 0.490 e. The number of furan rings is 1. The highest BCUT2D eigenvalue weighted by atomic mass is 35.5. The minimum absolute atomic E-state index is 0.0443. The number of rotatable bonds is 5. The van der Waals surface area contributed by atoms with Gasteiger partial charge in [0.15, 0.2) is 11.5 Å². The van der Waals surface area contributed by atoms with Crippen molar-refractivity contribution in [2.24, 2.45) is 0 Å². The zero-order valence-electron chi connectivity index (χ0n) is 16.8. The molecule has 1 atom stereocenters. The van der Waals surface area contributed by atoms with Crippen LogP contribution in [0.25, 0.3) is 11.0 Å². The Bertz CT molecular complexity index is 1350. The lowest BCUT2D eigenvalue weighted by Crippen LogP contribution is -2.29. The first-order chi connectivity index (χ1) is 15.5. The molecule has 1 aliphatic heterocycles. The minimum atomic E-state index is -3.99. The predicted octanol–water partition coefficient (Wildman–Crippen LogP) is 4.71. The summed E-state index contributed by atoms with van der Waals surface area (Å²) in [4.78, 5) is 4.15. The van der Waals surface area contributed by atoms with Gasteiger partial charge < -0.3 is 13.9 Å². The quantitative estimate of drug-likeness (QED) is 0.425. The molecule has 2 aromatic carbocycles. The molecule has 0 amide bonds. The summed E-state index contributed by atoms with van der Waals surface area (Å²) in [5.74, 6) is 1.31. The van der Waals surface area contributed by atoms with Crippen molar-refractivity contribution in [1.82, 2.24) is 9.71 Å². The molecule has 0 aliphatic carbocycles. The van der Waals surface area contributed by atoms with Gasteiger partial charge in [-0.25, -0.2) is 13.4 Å². The Hall–Kier alpha value is -3.07. The molecule has 3 heterocycles. The summed E-state index contributed by atoms with van der Waals surface area (Å²) in [5.41, 5.74) is 1.12. The molecular weight excluding hydrogens is 452 g/mol. The monoisotopic (exact) mass is 470 g/mol. The number of aromatic nitrogens is 1. The van der Waals surface area contributed by atoms with Crippen molar-refractivity contribution >= 4 is 32.6 Å². The van der Waals surface area contributed by atoms with Crippen molar-refractivity contribution < 1.29 is 22.3 Å². The molecule has 0 unspecified atom stereocenters. The van der Waals surface area contributed by atoms with Gasteiger partial charge in [-0.3, -0.25) is 0 Å². The lowest BCUT2D eigenvalue weighted by molar-refractivity contribution is 0.297. The fourth-order valence-corrected chi connectivity index (χ4v) is 4.99. The maximum atomic E-state index is 13.4. The highest BCUT2D eigenvalue weighted by molar-refractivity contribution is 7.89. The molecule has 5 rings (SSSR count). The average Bonchev–Trinajstić information content (AvgIpc) is 3.08. The second-order valence-corrected chi connectivity index (χ2v) is 9.36. The van der Waals surface area contributed by atoms with Gasteiger partial charge in [0, 0.05) is 29.6 Å². The highest BCUT2D eigenvalue weighted by Crippen LogP contribution is 2.35. The third kappa shape index (κ3) is 4.04. The Morgan fingerprint density at radius 1 is 0.969 bits per heavy atom. The molecule has 7 nitrogen and oxygen atoms in total. The maximum absolute atomic E-state index is 13.4. The Morgan fingerprint density at radius 3 is 2.59 bits per heavy atom. The molecule has 4 aromatic rings. The SMILES string of the molecule is O=S(=O)(N[C@H](c1cc2ccccc2o1)c1cccnc1Cl)c1ccc2c(c1)OCCCO2. The molecule has 1 N–H and O–H groups in total. The van der Waals surface area contributed by atoms with Gasteiger partial charge >= 0.3 is 0 Å². The fourth-order valence-electron chi connectivity index (χ4n) is 3.57. The summed E-state index contributed by atoms with van der Waals surface area (Å²) in [6.07, 6.45) is 2.27. The van der Waals surface area contributed by atoms with Crippen LogP contribution in [0.2, 0.25) is 5.15 Å². The smallest absolute Gasteiger partial charge is 0.241 e. The van der Waals surface area contributed by atoms with Crippen LogP contribution in [0.5, 0.6) is 11.5 Å². The maximum Gasteiger partial charge on any atom is 0.241 e. The van der Waals surface area contributed by atoms with Crippen LogP contribution in [0.15, 0.2) is 76.2 Å². The van der Waals surface area contributed by atoms with E-state index in [0.717, 1.165) is 11.8 Å². The van der Waals surface area contributed by atoms with Gasteiger partial charge in [0.05, 0.1) is 18.1 Å². The van der Waals surface area contributed by atoms with Gasteiger partial charge in [0.25, 0.3) is 0 Å². The average molecular weight is 471 g/mol. The van der Waals surface area contributed by atoms with E-state index in [0.29, 0.717) is 41.6 Å². The molecule has 9 heteroatoms. The molecule has 0 saturated heterocycles. The number of pyridine rings is 1. The number of hydrogen-bond acceptors (Lipinski definition) is 6. The van der Waals surface area contributed by atoms with Crippen LogP contribution in [0.3, 0.4) is 0 Å². The molecule has 0 radical (unpaired) electrons. The second-order valence-electron chi connectivity index (χ2n) is 7.28. The van der Waals surface area contributed by atoms with Crippen molar-refractivity contribution in [3.8, 4) is 11.5 Å². The zero-order valence-corrected chi connectivity index (χ0v) is 18.4. The Morgan fingerprint density at radius 2 is 1.78 bits per heavy atom. The van der Waals surface area contributed by atoms with Gasteiger partial charge in [-0.15, -0.1) is 0 Å². The van der Waals surface area contributed by atoms with Crippen LogP contribution in [-0.4, -0.2) is 26.6 Å². The number of halogens is 1. The molecule has 2 aromatic heterocycles. The Balaban J connectivity index is 1.56. The molecule has 0 saturated carbocycles. The molecule has 0 spiro atoms. The number of hydrogen-bond donors (Lipinski definition) is 1. The highest BCUT2D eigenvalue weighted by Gasteiger charge is 2.28. The predicted molar refractivity (Wildman–Crippen MR) is 120 cm³/mol. The normalized spacial score (nSPS) is 14.8. The molecule has 0 fully saturated rings. The summed E-state index contributed by atoms with van der Waals surface area (Å²) in [7, 11) is -3.99. The van der Waals surface area contributed by atoms with E-state index in [1.165, 1.54) is 12.1 Å². The van der Waals surface area contributed by atoms with Crippen molar-refractivity contribution in [1.29, 1.82) is 0 Å². The van der Waals surface area contributed by atoms with Crippen molar-refractivity contribution in [3.05, 3.63) is 83.3 Å². The van der Waals surface area contributed by atoms with Gasteiger partial charge in [-0.05, 0) is 30.3 Å². The van der Waals surface area contributed by atoms with E-state index >= 15 is 0 Å². The summed E-state index contributed by atoms with van der Waals surface area (Å²) in [5, 5.41) is 1.03. The van der Waals surface area contributed by atoms with Gasteiger partial charge in [-0.1, -0.05) is 35.9 Å². The zero-order chi connectivity index (χ0) is 22.1. The lowest BCUT2D eigenvalue weighted by atomic mass is 10.1. The summed E-state index contributed by atoms with van der Waals surface area (Å²) >= 11 is 6.33. The minimum Gasteiger partial charge on any atom is -0.490 e. The number of benzene rings is 2. The molecule has 0 bridgehead atoms. The molecule has 32 heavy (non-hydrogen) atoms. The van der Waals surface area contributed by atoms with Crippen LogP contribution in [0.4, 0.5) is 0 Å². The number of sulfonamides is 1. The summed E-state index contributed by atoms with van der Waals surface area (Å²) in [6, 6.07) is 16.3. The van der Waals surface area contributed by atoms with E-state index in [4.69, 9.17) is 25.5 Å². The van der Waals surface area contributed by atoms with E-state index < -0.39 is 16.1 Å². The molecule has 164 valence electrons.